The van der Waals surface area contributed by atoms with Crippen LogP contribution < -0.4 is 10.2 Å². The van der Waals surface area contributed by atoms with Crippen molar-refractivity contribution in [1.29, 1.82) is 0 Å². The van der Waals surface area contributed by atoms with Crippen molar-refractivity contribution in [3.05, 3.63) is 40.2 Å². The average molecular weight is 438 g/mol. The Kier molecular flexibility index (Phi) is 5.43. The summed E-state index contributed by atoms with van der Waals surface area (Å²) in [5, 5.41) is 17.1. The Hall–Kier alpha value is -2.81. The number of piperidine rings is 1. The van der Waals surface area contributed by atoms with Gasteiger partial charge in [-0.1, -0.05) is 0 Å². The highest BCUT2D eigenvalue weighted by atomic mass is 32.1. The highest BCUT2D eigenvalue weighted by molar-refractivity contribution is 7.15. The van der Waals surface area contributed by atoms with Crippen molar-refractivity contribution in [3.8, 4) is 5.82 Å². The number of rotatable bonds is 4. The van der Waals surface area contributed by atoms with Gasteiger partial charge >= 0.3 is 0 Å². The Morgan fingerprint density at radius 3 is 2.52 bits per heavy atom. The molecule has 1 saturated heterocycles. The van der Waals surface area contributed by atoms with E-state index in [1.165, 1.54) is 23.4 Å². The number of hydrogen-bond acceptors (Lipinski definition) is 7. The van der Waals surface area contributed by atoms with E-state index >= 15 is 0 Å². The zero-order valence-corrected chi connectivity index (χ0v) is 18.8. The molecule has 1 amide bonds. The van der Waals surface area contributed by atoms with Gasteiger partial charge in [-0.25, -0.2) is 9.67 Å². The van der Waals surface area contributed by atoms with Gasteiger partial charge < -0.3 is 10.2 Å². The first-order valence-electron chi connectivity index (χ1n) is 11.0. The van der Waals surface area contributed by atoms with Gasteiger partial charge in [-0.3, -0.25) is 4.79 Å². The summed E-state index contributed by atoms with van der Waals surface area (Å²) in [4.78, 5) is 20.9. The summed E-state index contributed by atoms with van der Waals surface area (Å²) < 4.78 is 1.80. The summed E-state index contributed by atoms with van der Waals surface area (Å²) >= 11 is 1.65. The molecule has 9 heteroatoms. The third-order valence-electron chi connectivity index (χ3n) is 6.13. The summed E-state index contributed by atoms with van der Waals surface area (Å²) in [7, 11) is 0. The molecular weight excluding hydrogens is 410 g/mol. The first kappa shape index (κ1) is 20.1. The number of fused-ring (bicyclic) bond motifs is 1. The molecule has 1 N–H and O–H groups in total. The van der Waals surface area contributed by atoms with Crippen molar-refractivity contribution in [2.45, 2.75) is 52.4 Å². The van der Waals surface area contributed by atoms with E-state index in [0.717, 1.165) is 66.9 Å². The van der Waals surface area contributed by atoms with Gasteiger partial charge in [0.15, 0.2) is 16.8 Å². The normalized spacial score (nSPS) is 16.9. The molecule has 31 heavy (non-hydrogen) atoms. The lowest BCUT2D eigenvalue weighted by molar-refractivity contribution is -0.120. The maximum absolute atomic E-state index is 12.8. The van der Waals surface area contributed by atoms with E-state index in [2.05, 4.69) is 30.5 Å². The fourth-order valence-corrected chi connectivity index (χ4v) is 5.50. The molecule has 1 aliphatic heterocycles. The minimum absolute atomic E-state index is 0.0131. The maximum atomic E-state index is 12.8. The van der Waals surface area contributed by atoms with Crippen LogP contribution in [0.3, 0.4) is 0 Å². The van der Waals surface area contributed by atoms with Gasteiger partial charge in [0.25, 0.3) is 0 Å². The van der Waals surface area contributed by atoms with Crippen molar-refractivity contribution in [3.63, 3.8) is 0 Å². The Morgan fingerprint density at radius 1 is 1.10 bits per heavy atom. The number of nitrogens with zero attached hydrogens (tertiary/aromatic N) is 6. The van der Waals surface area contributed by atoms with Gasteiger partial charge in [-0.05, 0) is 70.6 Å². The topological polar surface area (TPSA) is 88.8 Å². The van der Waals surface area contributed by atoms with E-state index in [9.17, 15) is 4.79 Å². The fraction of sp³-hybridized carbons (Fsp3) is 0.500. The van der Waals surface area contributed by atoms with Crippen molar-refractivity contribution < 1.29 is 4.79 Å². The molecule has 1 fully saturated rings. The first-order chi connectivity index (χ1) is 15.1. The Morgan fingerprint density at radius 2 is 1.84 bits per heavy atom. The average Bonchev–Trinajstić information content (AvgIpc) is 3.35. The highest BCUT2D eigenvalue weighted by Crippen LogP contribution is 2.30. The van der Waals surface area contributed by atoms with Crippen LogP contribution in [0.15, 0.2) is 18.2 Å². The third-order valence-corrected chi connectivity index (χ3v) is 7.20. The summed E-state index contributed by atoms with van der Waals surface area (Å²) in [6.45, 7) is 5.56. The molecule has 0 aromatic carbocycles. The number of carbonyl (C=O) groups excluding carboxylic acids is 1. The van der Waals surface area contributed by atoms with E-state index in [0.29, 0.717) is 0 Å². The monoisotopic (exact) mass is 437 g/mol. The van der Waals surface area contributed by atoms with Gasteiger partial charge in [0.05, 0.1) is 11.4 Å². The number of aryl methyl sites for hydroxylation is 4. The molecular formula is C22H27N7OS. The molecule has 8 nitrogen and oxygen atoms in total. The number of hydrogen-bond donors (Lipinski definition) is 1. The van der Waals surface area contributed by atoms with E-state index in [-0.39, 0.29) is 11.8 Å². The third kappa shape index (κ3) is 4.19. The molecule has 0 spiro atoms. The minimum atomic E-state index is 0.0131. The molecule has 0 bridgehead atoms. The Labute approximate surface area is 185 Å². The molecule has 3 aromatic rings. The van der Waals surface area contributed by atoms with Crippen LogP contribution in [0.5, 0.6) is 0 Å². The largest absolute Gasteiger partial charge is 0.355 e. The molecule has 4 heterocycles. The summed E-state index contributed by atoms with van der Waals surface area (Å²) in [6, 6.07) is 5.95. The van der Waals surface area contributed by atoms with Gasteiger partial charge in [0, 0.05) is 29.6 Å². The van der Waals surface area contributed by atoms with E-state index in [4.69, 9.17) is 0 Å². The molecule has 0 saturated carbocycles. The number of thiazole rings is 1. The Bertz CT molecular complexity index is 1060. The van der Waals surface area contributed by atoms with Crippen LogP contribution in [-0.4, -0.2) is 44.0 Å². The zero-order valence-electron chi connectivity index (χ0n) is 18.0. The molecule has 5 rings (SSSR count). The predicted octanol–water partition coefficient (Wildman–Crippen LogP) is 3.47. The molecule has 3 aromatic heterocycles. The summed E-state index contributed by atoms with van der Waals surface area (Å²) in [6.07, 6.45) is 6.18. The standard InChI is InChI=1S/C22H27N7OS/c1-14-13-15(2)29(27-14)20-8-7-19(25-26-20)28-11-9-16(10-12-28)21(30)24-22-23-17-5-3-4-6-18(17)31-22/h7-8,13,16H,3-6,9-12H2,1-2H3,(H,23,24,30). The zero-order chi connectivity index (χ0) is 21.4. The van der Waals surface area contributed by atoms with Crippen molar-refractivity contribution in [1.82, 2.24) is 25.0 Å². The number of aromatic nitrogens is 5. The van der Waals surface area contributed by atoms with Gasteiger partial charge in [-0.15, -0.1) is 21.5 Å². The molecule has 162 valence electrons. The second-order valence-corrected chi connectivity index (χ2v) is 9.52. The van der Waals surface area contributed by atoms with E-state index in [1.807, 2.05) is 32.0 Å². The van der Waals surface area contributed by atoms with E-state index in [1.54, 1.807) is 16.0 Å². The lowest BCUT2D eigenvalue weighted by atomic mass is 9.96. The van der Waals surface area contributed by atoms with Crippen LogP contribution in [0.25, 0.3) is 5.82 Å². The van der Waals surface area contributed by atoms with Crippen molar-refractivity contribution in [2.75, 3.05) is 23.3 Å². The lowest BCUT2D eigenvalue weighted by Gasteiger charge is -2.31. The second-order valence-electron chi connectivity index (χ2n) is 8.44. The SMILES string of the molecule is Cc1cc(C)n(-c2ccc(N3CCC(C(=O)Nc4nc5c(s4)CCCC5)CC3)nn2)n1. The fourth-order valence-electron chi connectivity index (χ4n) is 4.44. The first-order valence-corrected chi connectivity index (χ1v) is 11.8. The molecule has 1 aliphatic carbocycles. The van der Waals surface area contributed by atoms with Crippen LogP contribution >= 0.6 is 11.3 Å². The highest BCUT2D eigenvalue weighted by Gasteiger charge is 2.27. The quantitative estimate of drug-likeness (QED) is 0.672. The number of nitrogens with one attached hydrogen (secondary N) is 1. The molecule has 2 aliphatic rings. The van der Waals surface area contributed by atoms with Crippen LogP contribution in [0, 0.1) is 19.8 Å². The van der Waals surface area contributed by atoms with Crippen molar-refractivity contribution in [2.24, 2.45) is 5.92 Å². The smallest absolute Gasteiger partial charge is 0.229 e. The van der Waals surface area contributed by atoms with Gasteiger partial charge in [0.1, 0.15) is 0 Å². The maximum Gasteiger partial charge on any atom is 0.229 e. The molecule has 0 unspecified atom stereocenters. The minimum Gasteiger partial charge on any atom is -0.355 e. The van der Waals surface area contributed by atoms with Crippen LogP contribution in [-0.2, 0) is 17.6 Å². The van der Waals surface area contributed by atoms with Crippen LogP contribution in [0.4, 0.5) is 10.9 Å². The molecule has 0 atom stereocenters. The van der Waals surface area contributed by atoms with Crippen LogP contribution in [0.2, 0.25) is 0 Å². The lowest BCUT2D eigenvalue weighted by Crippen LogP contribution is -2.38. The Balaban J connectivity index is 1.18. The van der Waals surface area contributed by atoms with Crippen LogP contribution in [0.1, 0.15) is 47.6 Å². The predicted molar refractivity (Wildman–Crippen MR) is 121 cm³/mol. The number of anilines is 2. The second kappa shape index (κ2) is 8.37. The summed E-state index contributed by atoms with van der Waals surface area (Å²) in [5.74, 6) is 1.67. The van der Waals surface area contributed by atoms with Gasteiger partial charge in [0.2, 0.25) is 5.91 Å². The molecule has 0 radical (unpaired) electrons. The van der Waals surface area contributed by atoms with Gasteiger partial charge in [-0.2, -0.15) is 5.10 Å². The number of carbonyl (C=O) groups is 1. The number of amides is 1. The van der Waals surface area contributed by atoms with E-state index < -0.39 is 0 Å². The summed E-state index contributed by atoms with van der Waals surface area (Å²) in [5.41, 5.74) is 3.18. The van der Waals surface area contributed by atoms with Crippen molar-refractivity contribution >= 4 is 28.2 Å².